The highest BCUT2D eigenvalue weighted by atomic mass is 15.1. The van der Waals surface area contributed by atoms with E-state index in [0.717, 1.165) is 19.5 Å². The maximum absolute atomic E-state index is 5.74. The number of rotatable bonds is 9. The zero-order chi connectivity index (χ0) is 14.1. The van der Waals surface area contributed by atoms with Crippen molar-refractivity contribution in [2.45, 2.75) is 39.5 Å². The third-order valence-corrected chi connectivity index (χ3v) is 3.73. The molecule has 0 amide bonds. The minimum atomic E-state index is 0.301. The highest BCUT2D eigenvalue weighted by Gasteiger charge is 2.14. The number of hydrogen-bond donors (Lipinski definition) is 1. The molecule has 0 spiro atoms. The summed E-state index contributed by atoms with van der Waals surface area (Å²) in [6.07, 6.45) is 8.59. The second-order valence-corrected chi connectivity index (χ2v) is 6.23. The first kappa shape index (κ1) is 16.1. The number of likely N-dealkylation sites (N-methyl/N-ethyl adjacent to an activating group) is 1. The first-order valence-electron chi connectivity index (χ1n) is 7.31. The van der Waals surface area contributed by atoms with Crippen LogP contribution >= 0.6 is 0 Å². The van der Waals surface area contributed by atoms with E-state index >= 15 is 0 Å². The van der Waals surface area contributed by atoms with Gasteiger partial charge in [-0.1, -0.05) is 20.3 Å². The monoisotopic (exact) mass is 263 g/mol. The quantitative estimate of drug-likeness (QED) is 0.697. The summed E-state index contributed by atoms with van der Waals surface area (Å²) < 4.78 is 0. The lowest BCUT2D eigenvalue weighted by Crippen LogP contribution is -2.25. The Morgan fingerprint density at radius 2 is 1.84 bits per heavy atom. The highest BCUT2D eigenvalue weighted by molar-refractivity contribution is 5.09. The van der Waals surface area contributed by atoms with Crippen molar-refractivity contribution in [2.75, 3.05) is 26.7 Å². The number of unbranched alkanes of at least 4 members (excludes halogenated alkanes) is 1. The SMILES string of the molecule is CN(CCCCC(C)(C)CN)CCc1ccncc1. The van der Waals surface area contributed by atoms with Crippen LogP contribution in [-0.4, -0.2) is 36.6 Å². The van der Waals surface area contributed by atoms with Crippen molar-refractivity contribution >= 4 is 0 Å². The van der Waals surface area contributed by atoms with Gasteiger partial charge in [0.2, 0.25) is 0 Å². The molecule has 0 fully saturated rings. The van der Waals surface area contributed by atoms with Crippen LogP contribution in [0.5, 0.6) is 0 Å². The zero-order valence-electron chi connectivity index (χ0n) is 12.7. The third kappa shape index (κ3) is 7.28. The molecule has 1 aromatic rings. The standard InChI is InChI=1S/C16H29N3/c1-16(2,14-17)9-4-5-12-19(3)13-8-15-6-10-18-11-7-15/h6-7,10-11H,4-5,8-9,12-14,17H2,1-3H3. The molecule has 0 saturated carbocycles. The molecule has 3 nitrogen and oxygen atoms in total. The Morgan fingerprint density at radius 1 is 1.16 bits per heavy atom. The van der Waals surface area contributed by atoms with Crippen molar-refractivity contribution in [1.29, 1.82) is 0 Å². The topological polar surface area (TPSA) is 42.1 Å². The normalized spacial score (nSPS) is 12.1. The molecular weight excluding hydrogens is 234 g/mol. The molecule has 0 atom stereocenters. The lowest BCUT2D eigenvalue weighted by Gasteiger charge is -2.23. The van der Waals surface area contributed by atoms with Crippen LogP contribution in [0.4, 0.5) is 0 Å². The molecule has 1 aromatic heterocycles. The fraction of sp³-hybridized carbons (Fsp3) is 0.688. The first-order valence-corrected chi connectivity index (χ1v) is 7.31. The summed E-state index contributed by atoms with van der Waals surface area (Å²) in [6.45, 7) is 7.57. The Morgan fingerprint density at radius 3 is 2.47 bits per heavy atom. The first-order chi connectivity index (χ1) is 9.03. The van der Waals surface area contributed by atoms with E-state index in [1.807, 2.05) is 12.4 Å². The number of nitrogens with zero attached hydrogens (tertiary/aromatic N) is 2. The molecule has 0 bridgehead atoms. The molecule has 0 radical (unpaired) electrons. The van der Waals surface area contributed by atoms with Crippen LogP contribution < -0.4 is 5.73 Å². The zero-order valence-corrected chi connectivity index (χ0v) is 12.7. The minimum absolute atomic E-state index is 0.301. The summed E-state index contributed by atoms with van der Waals surface area (Å²) in [7, 11) is 2.20. The number of pyridine rings is 1. The second-order valence-electron chi connectivity index (χ2n) is 6.23. The number of nitrogens with two attached hydrogens (primary N) is 1. The smallest absolute Gasteiger partial charge is 0.0270 e. The molecule has 1 rings (SSSR count). The molecule has 1 heterocycles. The van der Waals surface area contributed by atoms with E-state index in [1.165, 1.54) is 31.4 Å². The average molecular weight is 263 g/mol. The van der Waals surface area contributed by atoms with Crippen molar-refractivity contribution < 1.29 is 0 Å². The lowest BCUT2D eigenvalue weighted by molar-refractivity contribution is 0.295. The summed E-state index contributed by atoms with van der Waals surface area (Å²) in [5.74, 6) is 0. The van der Waals surface area contributed by atoms with Crippen LogP contribution in [0, 0.1) is 5.41 Å². The summed E-state index contributed by atoms with van der Waals surface area (Å²) in [6, 6.07) is 4.19. The van der Waals surface area contributed by atoms with Gasteiger partial charge in [-0.3, -0.25) is 4.98 Å². The van der Waals surface area contributed by atoms with E-state index in [2.05, 4.69) is 42.9 Å². The fourth-order valence-corrected chi connectivity index (χ4v) is 2.07. The van der Waals surface area contributed by atoms with Crippen molar-refractivity contribution in [1.82, 2.24) is 9.88 Å². The maximum Gasteiger partial charge on any atom is 0.0270 e. The van der Waals surface area contributed by atoms with Crippen molar-refractivity contribution in [3.05, 3.63) is 30.1 Å². The molecular formula is C16H29N3. The van der Waals surface area contributed by atoms with Crippen LogP contribution in [-0.2, 0) is 6.42 Å². The van der Waals surface area contributed by atoms with Crippen molar-refractivity contribution in [3.63, 3.8) is 0 Å². The molecule has 0 aliphatic rings. The maximum atomic E-state index is 5.74. The molecule has 0 saturated heterocycles. The fourth-order valence-electron chi connectivity index (χ4n) is 2.07. The summed E-state index contributed by atoms with van der Waals surface area (Å²) in [5, 5.41) is 0. The van der Waals surface area contributed by atoms with Crippen LogP contribution in [0.3, 0.4) is 0 Å². The van der Waals surface area contributed by atoms with Gasteiger partial charge < -0.3 is 10.6 Å². The van der Waals surface area contributed by atoms with Crippen LogP contribution in [0.15, 0.2) is 24.5 Å². The largest absolute Gasteiger partial charge is 0.330 e. The van der Waals surface area contributed by atoms with Gasteiger partial charge in [0.1, 0.15) is 0 Å². The van der Waals surface area contributed by atoms with Crippen LogP contribution in [0.25, 0.3) is 0 Å². The van der Waals surface area contributed by atoms with E-state index < -0.39 is 0 Å². The minimum Gasteiger partial charge on any atom is -0.330 e. The van der Waals surface area contributed by atoms with Gasteiger partial charge in [0.15, 0.2) is 0 Å². The molecule has 0 aliphatic carbocycles. The van der Waals surface area contributed by atoms with Crippen molar-refractivity contribution in [2.24, 2.45) is 11.1 Å². The van der Waals surface area contributed by atoms with Gasteiger partial charge in [0, 0.05) is 18.9 Å². The van der Waals surface area contributed by atoms with Gasteiger partial charge in [-0.05, 0) is 62.5 Å². The molecule has 0 aromatic carbocycles. The van der Waals surface area contributed by atoms with Gasteiger partial charge in [-0.25, -0.2) is 0 Å². The molecule has 3 heteroatoms. The van der Waals surface area contributed by atoms with E-state index in [1.54, 1.807) is 0 Å². The number of aromatic nitrogens is 1. The third-order valence-electron chi connectivity index (χ3n) is 3.73. The van der Waals surface area contributed by atoms with Crippen LogP contribution in [0.1, 0.15) is 38.7 Å². The van der Waals surface area contributed by atoms with Crippen molar-refractivity contribution in [3.8, 4) is 0 Å². The predicted octanol–water partition coefficient (Wildman–Crippen LogP) is 2.71. The Balaban J connectivity index is 2.10. The molecule has 0 unspecified atom stereocenters. The number of hydrogen-bond acceptors (Lipinski definition) is 3. The van der Waals surface area contributed by atoms with Gasteiger partial charge >= 0.3 is 0 Å². The highest BCUT2D eigenvalue weighted by Crippen LogP contribution is 2.21. The van der Waals surface area contributed by atoms with Gasteiger partial charge in [-0.15, -0.1) is 0 Å². The molecule has 108 valence electrons. The molecule has 2 N–H and O–H groups in total. The van der Waals surface area contributed by atoms with Crippen LogP contribution in [0.2, 0.25) is 0 Å². The second kappa shape index (κ2) is 8.28. The van der Waals surface area contributed by atoms with E-state index in [4.69, 9.17) is 5.73 Å². The van der Waals surface area contributed by atoms with Gasteiger partial charge in [-0.2, -0.15) is 0 Å². The van der Waals surface area contributed by atoms with Gasteiger partial charge in [0.25, 0.3) is 0 Å². The predicted molar refractivity (Wildman–Crippen MR) is 82.1 cm³/mol. The Hall–Kier alpha value is -0.930. The average Bonchev–Trinajstić information content (AvgIpc) is 2.42. The molecule has 19 heavy (non-hydrogen) atoms. The molecule has 0 aliphatic heterocycles. The lowest BCUT2D eigenvalue weighted by atomic mass is 9.87. The van der Waals surface area contributed by atoms with E-state index in [9.17, 15) is 0 Å². The Labute approximate surface area is 118 Å². The van der Waals surface area contributed by atoms with E-state index in [-0.39, 0.29) is 0 Å². The Bertz CT molecular complexity index is 335. The Kier molecular flexibility index (Phi) is 7.03. The summed E-state index contributed by atoms with van der Waals surface area (Å²) >= 11 is 0. The van der Waals surface area contributed by atoms with Gasteiger partial charge in [0.05, 0.1) is 0 Å². The van der Waals surface area contributed by atoms with E-state index in [0.29, 0.717) is 5.41 Å². The summed E-state index contributed by atoms with van der Waals surface area (Å²) in [4.78, 5) is 6.45. The summed E-state index contributed by atoms with van der Waals surface area (Å²) in [5.41, 5.74) is 7.41.